The lowest BCUT2D eigenvalue weighted by Gasteiger charge is -2.12. The van der Waals surface area contributed by atoms with Crippen LogP contribution in [0.1, 0.15) is 47.4 Å². The molecule has 0 aliphatic heterocycles. The highest BCUT2D eigenvalue weighted by Gasteiger charge is 2.11. The summed E-state index contributed by atoms with van der Waals surface area (Å²) in [5.41, 5.74) is 1.44. The molecule has 0 fully saturated rings. The number of nitrogens with one attached hydrogen (secondary N) is 1. The van der Waals surface area contributed by atoms with Crippen molar-refractivity contribution >= 4 is 23.3 Å². The summed E-state index contributed by atoms with van der Waals surface area (Å²) in [7, 11) is 1.46. The zero-order valence-electron chi connectivity index (χ0n) is 16.8. The summed E-state index contributed by atoms with van der Waals surface area (Å²) in [5.74, 6) is -0.124. The number of rotatable bonds is 10. The molecule has 0 bridgehead atoms. The van der Waals surface area contributed by atoms with Crippen LogP contribution < -0.4 is 14.8 Å². The Morgan fingerprint density at radius 3 is 2.28 bits per heavy atom. The predicted octanol–water partition coefficient (Wildman–Crippen LogP) is 3.87. The number of Topliss-reactive ketones (excluding diaryl/α,β-unsaturated/α-hetero) is 1. The van der Waals surface area contributed by atoms with Gasteiger partial charge in [-0.25, -0.2) is 4.79 Å². The van der Waals surface area contributed by atoms with E-state index in [1.54, 1.807) is 42.5 Å². The summed E-state index contributed by atoms with van der Waals surface area (Å²) in [6.07, 6.45) is 1.77. The Balaban J connectivity index is 1.89. The lowest BCUT2D eigenvalue weighted by molar-refractivity contribution is -0.118. The average molecular weight is 399 g/mol. The van der Waals surface area contributed by atoms with Crippen molar-refractivity contribution in [3.63, 3.8) is 0 Å². The van der Waals surface area contributed by atoms with E-state index in [-0.39, 0.29) is 24.3 Å². The van der Waals surface area contributed by atoms with Crippen LogP contribution in [-0.2, 0) is 9.53 Å². The lowest BCUT2D eigenvalue weighted by atomic mass is 10.1. The molecule has 1 amide bonds. The van der Waals surface area contributed by atoms with Gasteiger partial charge in [-0.1, -0.05) is 13.3 Å². The number of carbonyl (C=O) groups is 3. The predicted molar refractivity (Wildman–Crippen MR) is 109 cm³/mol. The molecule has 29 heavy (non-hydrogen) atoms. The quantitative estimate of drug-likeness (QED) is 0.370. The molecule has 0 radical (unpaired) electrons. The first-order valence-electron chi connectivity index (χ1n) is 9.33. The van der Waals surface area contributed by atoms with Gasteiger partial charge in [0.05, 0.1) is 19.3 Å². The molecule has 0 heterocycles. The molecule has 1 N–H and O–H groups in total. The summed E-state index contributed by atoms with van der Waals surface area (Å²) in [4.78, 5) is 35.4. The van der Waals surface area contributed by atoms with E-state index in [1.807, 2.05) is 6.92 Å². The summed E-state index contributed by atoms with van der Waals surface area (Å²) in [5, 5.41) is 2.69. The number of carbonyl (C=O) groups excluding carboxylic acids is 3. The largest absolute Gasteiger partial charge is 0.493 e. The highest BCUT2D eigenvalue weighted by atomic mass is 16.5. The topological polar surface area (TPSA) is 90.9 Å². The highest BCUT2D eigenvalue weighted by Crippen LogP contribution is 2.28. The summed E-state index contributed by atoms with van der Waals surface area (Å²) in [6.45, 7) is 3.63. The van der Waals surface area contributed by atoms with Crippen molar-refractivity contribution < 1.29 is 28.6 Å². The molecule has 0 aliphatic carbocycles. The first-order valence-corrected chi connectivity index (χ1v) is 9.33. The first kappa shape index (κ1) is 21.9. The normalized spacial score (nSPS) is 10.2. The Bertz CT molecular complexity index is 860. The van der Waals surface area contributed by atoms with Gasteiger partial charge in [0.1, 0.15) is 0 Å². The van der Waals surface area contributed by atoms with Gasteiger partial charge in [-0.15, -0.1) is 0 Å². The van der Waals surface area contributed by atoms with E-state index in [0.29, 0.717) is 34.9 Å². The molecule has 0 atom stereocenters. The summed E-state index contributed by atoms with van der Waals surface area (Å²) < 4.78 is 15.8. The number of unbranched alkanes of at least 4 members (excludes halogenated alkanes) is 1. The van der Waals surface area contributed by atoms with E-state index in [4.69, 9.17) is 14.2 Å². The van der Waals surface area contributed by atoms with Crippen molar-refractivity contribution in [1.29, 1.82) is 0 Å². The van der Waals surface area contributed by atoms with Crippen LogP contribution in [0.3, 0.4) is 0 Å². The molecule has 154 valence electrons. The molecule has 2 aromatic carbocycles. The van der Waals surface area contributed by atoms with Crippen LogP contribution in [0.4, 0.5) is 5.69 Å². The second-order valence-corrected chi connectivity index (χ2v) is 6.33. The van der Waals surface area contributed by atoms with Crippen molar-refractivity contribution in [3.05, 3.63) is 53.6 Å². The van der Waals surface area contributed by atoms with Gasteiger partial charge < -0.3 is 19.5 Å². The monoisotopic (exact) mass is 399 g/mol. The number of anilines is 1. The minimum absolute atomic E-state index is 0.0923. The molecule has 0 saturated heterocycles. The standard InChI is InChI=1S/C22H25NO6/c1-4-5-12-28-22(26)16-6-9-18(10-7-16)23-21(25)14-29-19-11-8-17(15(2)24)13-20(19)27-3/h6-11,13H,4-5,12,14H2,1-3H3,(H,23,25). The Morgan fingerprint density at radius 2 is 1.66 bits per heavy atom. The van der Waals surface area contributed by atoms with Crippen LogP contribution in [-0.4, -0.2) is 38.0 Å². The third-order valence-electron chi connectivity index (χ3n) is 4.06. The van der Waals surface area contributed by atoms with Gasteiger partial charge in [0.25, 0.3) is 5.91 Å². The van der Waals surface area contributed by atoms with Crippen LogP contribution in [0.25, 0.3) is 0 Å². The number of esters is 1. The van der Waals surface area contributed by atoms with E-state index >= 15 is 0 Å². The molecule has 0 aromatic heterocycles. The Hall–Kier alpha value is -3.35. The van der Waals surface area contributed by atoms with E-state index in [1.165, 1.54) is 14.0 Å². The molecular formula is C22H25NO6. The Kier molecular flexibility index (Phi) is 8.21. The second kappa shape index (κ2) is 10.8. The highest BCUT2D eigenvalue weighted by molar-refractivity contribution is 5.95. The van der Waals surface area contributed by atoms with E-state index in [2.05, 4.69) is 5.32 Å². The van der Waals surface area contributed by atoms with E-state index in [9.17, 15) is 14.4 Å². The molecule has 0 saturated carbocycles. The number of ketones is 1. The average Bonchev–Trinajstić information content (AvgIpc) is 2.72. The van der Waals surface area contributed by atoms with Gasteiger partial charge in [0.2, 0.25) is 0 Å². The van der Waals surface area contributed by atoms with Crippen LogP contribution >= 0.6 is 0 Å². The second-order valence-electron chi connectivity index (χ2n) is 6.33. The maximum Gasteiger partial charge on any atom is 0.338 e. The van der Waals surface area contributed by atoms with Gasteiger partial charge in [0.15, 0.2) is 23.9 Å². The number of hydrogen-bond acceptors (Lipinski definition) is 6. The number of amides is 1. The minimum atomic E-state index is -0.388. The zero-order chi connectivity index (χ0) is 21.2. The molecule has 0 spiro atoms. The fraction of sp³-hybridized carbons (Fsp3) is 0.318. The Labute approximate surface area is 170 Å². The first-order chi connectivity index (χ1) is 13.9. The lowest BCUT2D eigenvalue weighted by Crippen LogP contribution is -2.20. The summed E-state index contributed by atoms with van der Waals surface area (Å²) in [6, 6.07) is 11.2. The van der Waals surface area contributed by atoms with Crippen molar-refractivity contribution in [1.82, 2.24) is 0 Å². The van der Waals surface area contributed by atoms with Gasteiger partial charge in [-0.2, -0.15) is 0 Å². The zero-order valence-corrected chi connectivity index (χ0v) is 16.8. The molecule has 0 aliphatic rings. The molecule has 0 unspecified atom stereocenters. The van der Waals surface area contributed by atoms with Gasteiger partial charge in [-0.05, 0) is 55.8 Å². The number of benzene rings is 2. The van der Waals surface area contributed by atoms with Gasteiger partial charge in [0, 0.05) is 11.3 Å². The van der Waals surface area contributed by atoms with Crippen LogP contribution in [0, 0.1) is 0 Å². The van der Waals surface area contributed by atoms with Gasteiger partial charge in [-0.3, -0.25) is 9.59 Å². The van der Waals surface area contributed by atoms with Crippen LogP contribution in [0.15, 0.2) is 42.5 Å². The van der Waals surface area contributed by atoms with Crippen LogP contribution in [0.2, 0.25) is 0 Å². The van der Waals surface area contributed by atoms with Crippen LogP contribution in [0.5, 0.6) is 11.5 Å². The molecular weight excluding hydrogens is 374 g/mol. The minimum Gasteiger partial charge on any atom is -0.493 e. The molecule has 7 heteroatoms. The molecule has 2 rings (SSSR count). The van der Waals surface area contributed by atoms with Gasteiger partial charge >= 0.3 is 5.97 Å². The van der Waals surface area contributed by atoms with Crippen molar-refractivity contribution in [3.8, 4) is 11.5 Å². The fourth-order valence-corrected chi connectivity index (χ4v) is 2.43. The smallest absolute Gasteiger partial charge is 0.338 e. The molecule has 2 aromatic rings. The maximum absolute atomic E-state index is 12.1. The number of ether oxygens (including phenoxy) is 3. The number of hydrogen-bond donors (Lipinski definition) is 1. The van der Waals surface area contributed by atoms with Crippen molar-refractivity contribution in [2.45, 2.75) is 26.7 Å². The Morgan fingerprint density at radius 1 is 0.966 bits per heavy atom. The molecule has 7 nitrogen and oxygen atoms in total. The van der Waals surface area contributed by atoms with E-state index < -0.39 is 0 Å². The van der Waals surface area contributed by atoms with Crippen molar-refractivity contribution in [2.24, 2.45) is 0 Å². The third-order valence-corrected chi connectivity index (χ3v) is 4.06. The third kappa shape index (κ3) is 6.64. The fourth-order valence-electron chi connectivity index (χ4n) is 2.43. The maximum atomic E-state index is 12.1. The summed E-state index contributed by atoms with van der Waals surface area (Å²) >= 11 is 0. The van der Waals surface area contributed by atoms with E-state index in [0.717, 1.165) is 12.8 Å². The van der Waals surface area contributed by atoms with Crippen molar-refractivity contribution in [2.75, 3.05) is 25.6 Å². The number of methoxy groups -OCH3 is 1. The SMILES string of the molecule is CCCCOC(=O)c1ccc(NC(=O)COc2ccc(C(C)=O)cc2OC)cc1.